The lowest BCUT2D eigenvalue weighted by Gasteiger charge is -2.44. The highest BCUT2D eigenvalue weighted by molar-refractivity contribution is 7.13. The van der Waals surface area contributed by atoms with Gasteiger partial charge in [0, 0.05) is 44.3 Å². The van der Waals surface area contributed by atoms with Crippen LogP contribution in [0.2, 0.25) is 0 Å². The minimum atomic E-state index is 0.0774. The van der Waals surface area contributed by atoms with Gasteiger partial charge in [-0.15, -0.1) is 11.3 Å². The molecule has 27 heavy (non-hydrogen) atoms. The monoisotopic (exact) mass is 391 g/mol. The van der Waals surface area contributed by atoms with E-state index in [4.69, 9.17) is 4.74 Å². The van der Waals surface area contributed by atoms with Crippen LogP contribution in [0, 0.1) is 19.8 Å². The Hall–Kier alpha value is -1.47. The second kappa shape index (κ2) is 7.87. The second-order valence-corrected chi connectivity index (χ2v) is 9.26. The van der Waals surface area contributed by atoms with E-state index in [1.165, 1.54) is 11.3 Å². The molecule has 1 aromatic heterocycles. The third kappa shape index (κ3) is 4.04. The molecule has 0 radical (unpaired) electrons. The van der Waals surface area contributed by atoms with Gasteiger partial charge in [-0.1, -0.05) is 0 Å². The molecule has 2 saturated heterocycles. The molecule has 1 unspecified atom stereocenters. The molecule has 6 nitrogen and oxygen atoms in total. The van der Waals surface area contributed by atoms with E-state index >= 15 is 0 Å². The summed E-state index contributed by atoms with van der Waals surface area (Å²) in [7, 11) is 0. The Morgan fingerprint density at radius 2 is 1.85 bits per heavy atom. The maximum atomic E-state index is 13.1. The predicted octanol–water partition coefficient (Wildman–Crippen LogP) is 2.78. The SMILES string of the molecule is Cc1nc(C)c(C(=O)N2CCCC(N(C(=O)C3CC3)C3CCOCC3)C2)s1. The van der Waals surface area contributed by atoms with Gasteiger partial charge in [0.2, 0.25) is 5.91 Å². The summed E-state index contributed by atoms with van der Waals surface area (Å²) in [5.41, 5.74) is 0.819. The molecule has 148 valence electrons. The number of hydrogen-bond donors (Lipinski definition) is 0. The van der Waals surface area contributed by atoms with E-state index in [0.29, 0.717) is 12.5 Å². The van der Waals surface area contributed by atoms with Crippen LogP contribution in [0.5, 0.6) is 0 Å². The smallest absolute Gasteiger partial charge is 0.265 e. The molecule has 3 heterocycles. The first-order valence-corrected chi connectivity index (χ1v) is 11.0. The average Bonchev–Trinajstić information content (AvgIpc) is 3.47. The summed E-state index contributed by atoms with van der Waals surface area (Å²) in [5.74, 6) is 0.602. The fraction of sp³-hybridized carbons (Fsp3) is 0.750. The lowest BCUT2D eigenvalue weighted by atomic mass is 9.97. The van der Waals surface area contributed by atoms with E-state index in [-0.39, 0.29) is 23.9 Å². The first-order chi connectivity index (χ1) is 13.0. The fourth-order valence-corrected chi connectivity index (χ4v) is 5.29. The van der Waals surface area contributed by atoms with Gasteiger partial charge in [0.1, 0.15) is 4.88 Å². The van der Waals surface area contributed by atoms with Gasteiger partial charge in [0.25, 0.3) is 5.91 Å². The zero-order chi connectivity index (χ0) is 19.0. The zero-order valence-electron chi connectivity index (χ0n) is 16.3. The van der Waals surface area contributed by atoms with Crippen LogP contribution in [0.25, 0.3) is 0 Å². The highest BCUT2D eigenvalue weighted by Gasteiger charge is 2.41. The Kier molecular flexibility index (Phi) is 5.50. The predicted molar refractivity (Wildman–Crippen MR) is 104 cm³/mol. The summed E-state index contributed by atoms with van der Waals surface area (Å²) >= 11 is 1.48. The Balaban J connectivity index is 1.51. The Morgan fingerprint density at radius 3 is 2.48 bits per heavy atom. The average molecular weight is 392 g/mol. The largest absolute Gasteiger partial charge is 0.381 e. The molecule has 0 N–H and O–H groups in total. The minimum Gasteiger partial charge on any atom is -0.381 e. The van der Waals surface area contributed by atoms with Crippen LogP contribution in [0.4, 0.5) is 0 Å². The molecule has 1 aliphatic carbocycles. The Labute approximate surface area is 164 Å². The summed E-state index contributed by atoms with van der Waals surface area (Å²) in [4.78, 5) is 35.4. The second-order valence-electron chi connectivity index (χ2n) is 8.06. The third-order valence-corrected chi connectivity index (χ3v) is 7.00. The number of rotatable bonds is 4. The number of hydrogen-bond acceptors (Lipinski definition) is 5. The van der Waals surface area contributed by atoms with Crippen molar-refractivity contribution in [1.82, 2.24) is 14.8 Å². The number of nitrogens with zero attached hydrogens (tertiary/aromatic N) is 3. The number of thiazole rings is 1. The topological polar surface area (TPSA) is 62.7 Å². The molecular weight excluding hydrogens is 362 g/mol. The first kappa shape index (κ1) is 18.9. The van der Waals surface area contributed by atoms with Gasteiger partial charge in [0.05, 0.1) is 10.7 Å². The Morgan fingerprint density at radius 1 is 1.11 bits per heavy atom. The van der Waals surface area contributed by atoms with Crippen molar-refractivity contribution >= 4 is 23.2 Å². The zero-order valence-corrected chi connectivity index (χ0v) is 17.1. The van der Waals surface area contributed by atoms with E-state index < -0.39 is 0 Å². The first-order valence-electron chi connectivity index (χ1n) is 10.2. The molecule has 4 rings (SSSR count). The molecule has 0 spiro atoms. The lowest BCUT2D eigenvalue weighted by Crippen LogP contribution is -2.56. The molecule has 1 aromatic rings. The molecule has 0 aromatic carbocycles. The van der Waals surface area contributed by atoms with Gasteiger partial charge in [-0.25, -0.2) is 4.98 Å². The van der Waals surface area contributed by atoms with Crippen molar-refractivity contribution in [3.05, 3.63) is 15.6 Å². The maximum Gasteiger partial charge on any atom is 0.265 e. The van der Waals surface area contributed by atoms with Crippen LogP contribution in [0.1, 0.15) is 58.9 Å². The van der Waals surface area contributed by atoms with Gasteiger partial charge >= 0.3 is 0 Å². The van der Waals surface area contributed by atoms with Crippen molar-refractivity contribution in [3.63, 3.8) is 0 Å². The number of ether oxygens (including phenoxy) is 1. The summed E-state index contributed by atoms with van der Waals surface area (Å²) in [6.07, 6.45) is 5.80. The quantitative estimate of drug-likeness (QED) is 0.792. The number of likely N-dealkylation sites (tertiary alicyclic amines) is 1. The van der Waals surface area contributed by atoms with E-state index in [1.807, 2.05) is 18.7 Å². The number of carbonyl (C=O) groups is 2. The molecule has 1 atom stereocenters. The molecule has 2 amide bonds. The maximum absolute atomic E-state index is 13.1. The van der Waals surface area contributed by atoms with Gasteiger partial charge in [0.15, 0.2) is 0 Å². The summed E-state index contributed by atoms with van der Waals surface area (Å²) in [6.45, 7) is 6.72. The van der Waals surface area contributed by atoms with E-state index in [1.54, 1.807) is 0 Å². The molecule has 1 saturated carbocycles. The van der Waals surface area contributed by atoms with Gasteiger partial charge in [-0.05, 0) is 52.4 Å². The summed E-state index contributed by atoms with van der Waals surface area (Å²) in [5, 5.41) is 0.928. The van der Waals surface area contributed by atoms with Crippen molar-refractivity contribution in [2.24, 2.45) is 5.92 Å². The van der Waals surface area contributed by atoms with Crippen LogP contribution < -0.4 is 0 Å². The normalized spacial score (nSPS) is 24.1. The minimum absolute atomic E-state index is 0.0774. The van der Waals surface area contributed by atoms with E-state index in [2.05, 4.69) is 9.88 Å². The van der Waals surface area contributed by atoms with Crippen LogP contribution in [-0.2, 0) is 9.53 Å². The van der Waals surface area contributed by atoms with Gasteiger partial charge < -0.3 is 14.5 Å². The molecule has 0 bridgehead atoms. The van der Waals surface area contributed by atoms with Crippen LogP contribution >= 0.6 is 11.3 Å². The number of aryl methyl sites for hydroxylation is 2. The van der Waals surface area contributed by atoms with Crippen molar-refractivity contribution < 1.29 is 14.3 Å². The molecular formula is C20H29N3O3S. The lowest BCUT2D eigenvalue weighted by molar-refractivity contribution is -0.141. The third-order valence-electron chi connectivity index (χ3n) is 5.94. The van der Waals surface area contributed by atoms with E-state index in [9.17, 15) is 9.59 Å². The molecule has 3 aliphatic rings. The van der Waals surface area contributed by atoms with Crippen LogP contribution in [0.15, 0.2) is 0 Å². The van der Waals surface area contributed by atoms with Gasteiger partial charge in [-0.3, -0.25) is 9.59 Å². The number of carbonyl (C=O) groups excluding carboxylic acids is 2. The van der Waals surface area contributed by atoms with E-state index in [0.717, 1.165) is 73.9 Å². The van der Waals surface area contributed by atoms with Gasteiger partial charge in [-0.2, -0.15) is 0 Å². The number of amides is 2. The summed E-state index contributed by atoms with van der Waals surface area (Å²) < 4.78 is 5.52. The van der Waals surface area contributed by atoms with Crippen LogP contribution in [-0.4, -0.2) is 65.0 Å². The Bertz CT molecular complexity index is 709. The van der Waals surface area contributed by atoms with Crippen molar-refractivity contribution in [2.75, 3.05) is 26.3 Å². The standard InChI is InChI=1S/C20H29N3O3S/c1-13-18(27-14(2)21-13)20(25)22-9-3-4-17(12-22)23(19(24)15-5-6-15)16-7-10-26-11-8-16/h15-17H,3-12H2,1-2H3. The van der Waals surface area contributed by atoms with Crippen molar-refractivity contribution in [1.29, 1.82) is 0 Å². The highest BCUT2D eigenvalue weighted by atomic mass is 32.1. The van der Waals surface area contributed by atoms with Crippen molar-refractivity contribution in [2.45, 2.75) is 64.5 Å². The van der Waals surface area contributed by atoms with Crippen LogP contribution in [0.3, 0.4) is 0 Å². The summed E-state index contributed by atoms with van der Waals surface area (Å²) in [6, 6.07) is 0.396. The fourth-order valence-electron chi connectivity index (χ4n) is 4.40. The van der Waals surface area contributed by atoms with Crippen molar-refractivity contribution in [3.8, 4) is 0 Å². The molecule has 3 fully saturated rings. The number of aromatic nitrogens is 1. The molecule has 2 aliphatic heterocycles. The molecule has 7 heteroatoms. The highest BCUT2D eigenvalue weighted by Crippen LogP contribution is 2.35. The number of piperidine rings is 1.